The molecule has 0 radical (unpaired) electrons. The molecular formula is C10H11N3O2. The van der Waals surface area contributed by atoms with Crippen molar-refractivity contribution >= 4 is 0 Å². The number of aromatic amines is 1. The van der Waals surface area contributed by atoms with Crippen molar-refractivity contribution < 1.29 is 15.2 Å². The Morgan fingerprint density at radius 1 is 1.13 bits per heavy atom. The number of H-pyrrole nitrogens is 1. The highest BCUT2D eigenvalue weighted by Gasteiger charge is 1.97. The molecule has 0 atom stereocenters. The minimum atomic E-state index is 0. The summed E-state index contributed by atoms with van der Waals surface area (Å²) < 4.78 is 5.45. The summed E-state index contributed by atoms with van der Waals surface area (Å²) in [7, 11) is 0. The van der Waals surface area contributed by atoms with E-state index in [0.29, 0.717) is 12.4 Å². The molecule has 0 saturated heterocycles. The molecule has 0 unspecified atom stereocenters. The average Bonchev–Trinajstić information content (AvgIpc) is 2.29. The van der Waals surface area contributed by atoms with E-state index in [9.17, 15) is 0 Å². The first kappa shape index (κ1) is 11.1. The van der Waals surface area contributed by atoms with Crippen LogP contribution in [0, 0.1) is 0 Å². The molecule has 0 spiro atoms. The highest BCUT2D eigenvalue weighted by Crippen LogP contribution is 2.06. The Morgan fingerprint density at radius 2 is 1.80 bits per heavy atom. The molecule has 15 heavy (non-hydrogen) atoms. The number of ether oxygens (including phenoxy) is 1. The SMILES string of the molecule is [OH-].c1cnc(COc2cc[nH+]cc2)nc1. The van der Waals surface area contributed by atoms with Crippen LogP contribution in [0.15, 0.2) is 43.0 Å². The van der Waals surface area contributed by atoms with Gasteiger partial charge in [0.2, 0.25) is 0 Å². The molecule has 0 amide bonds. The van der Waals surface area contributed by atoms with Gasteiger partial charge in [-0.1, -0.05) is 0 Å². The van der Waals surface area contributed by atoms with Gasteiger partial charge in [-0.3, -0.25) is 0 Å². The summed E-state index contributed by atoms with van der Waals surface area (Å²) in [6, 6.07) is 5.48. The third-order valence-electron chi connectivity index (χ3n) is 1.67. The highest BCUT2D eigenvalue weighted by molar-refractivity contribution is 5.14. The van der Waals surface area contributed by atoms with Crippen molar-refractivity contribution in [3.63, 3.8) is 0 Å². The van der Waals surface area contributed by atoms with Crippen LogP contribution in [0.25, 0.3) is 0 Å². The number of rotatable bonds is 3. The van der Waals surface area contributed by atoms with E-state index in [1.54, 1.807) is 30.9 Å². The summed E-state index contributed by atoms with van der Waals surface area (Å²) in [5.41, 5.74) is 0. The lowest BCUT2D eigenvalue weighted by molar-refractivity contribution is -0.378. The van der Waals surface area contributed by atoms with E-state index in [1.807, 2.05) is 12.1 Å². The van der Waals surface area contributed by atoms with Crippen molar-refractivity contribution in [3.8, 4) is 5.75 Å². The van der Waals surface area contributed by atoms with Gasteiger partial charge < -0.3 is 10.2 Å². The number of hydrogen-bond donors (Lipinski definition) is 0. The zero-order chi connectivity index (χ0) is 9.64. The minimum Gasteiger partial charge on any atom is -0.870 e. The van der Waals surface area contributed by atoms with Crippen molar-refractivity contribution in [2.24, 2.45) is 0 Å². The molecule has 2 rings (SSSR count). The monoisotopic (exact) mass is 205 g/mol. The molecule has 0 aliphatic carbocycles. The second-order valence-corrected chi connectivity index (χ2v) is 2.69. The fourth-order valence-corrected chi connectivity index (χ4v) is 1.02. The van der Waals surface area contributed by atoms with Crippen LogP contribution in [0.1, 0.15) is 5.82 Å². The summed E-state index contributed by atoms with van der Waals surface area (Å²) in [6.45, 7) is 0.394. The molecule has 0 fully saturated rings. The summed E-state index contributed by atoms with van der Waals surface area (Å²) in [5.74, 6) is 1.48. The van der Waals surface area contributed by atoms with Gasteiger partial charge in [-0.25, -0.2) is 15.0 Å². The highest BCUT2D eigenvalue weighted by atomic mass is 16.5. The molecule has 5 heteroatoms. The van der Waals surface area contributed by atoms with Crippen LogP contribution in [0.5, 0.6) is 5.75 Å². The second kappa shape index (κ2) is 5.66. The third-order valence-corrected chi connectivity index (χ3v) is 1.67. The predicted molar refractivity (Wildman–Crippen MR) is 51.3 cm³/mol. The van der Waals surface area contributed by atoms with Crippen LogP contribution in [-0.2, 0) is 6.61 Å². The number of pyridine rings is 1. The topological polar surface area (TPSA) is 79.2 Å². The molecule has 2 N–H and O–H groups in total. The minimum absolute atomic E-state index is 0. The Bertz CT molecular complexity index is 341. The lowest BCUT2D eigenvalue weighted by Gasteiger charge is -2.02. The average molecular weight is 205 g/mol. The Morgan fingerprint density at radius 3 is 2.47 bits per heavy atom. The van der Waals surface area contributed by atoms with Crippen molar-refractivity contribution in [1.29, 1.82) is 0 Å². The Balaban J connectivity index is 0.00000112. The molecule has 0 aromatic carbocycles. The molecule has 2 aromatic heterocycles. The van der Waals surface area contributed by atoms with Gasteiger partial charge in [0.15, 0.2) is 18.2 Å². The summed E-state index contributed by atoms with van der Waals surface area (Å²) in [6.07, 6.45) is 7.01. The maximum Gasteiger partial charge on any atom is 0.170 e. The lowest BCUT2D eigenvalue weighted by Crippen LogP contribution is -2.02. The third kappa shape index (κ3) is 3.32. The Hall–Kier alpha value is -2.01. The molecule has 0 bridgehead atoms. The number of aromatic nitrogens is 3. The van der Waals surface area contributed by atoms with E-state index in [1.165, 1.54) is 0 Å². The molecular weight excluding hydrogens is 194 g/mol. The first-order valence-corrected chi connectivity index (χ1v) is 4.30. The van der Waals surface area contributed by atoms with Gasteiger partial charge in [0.25, 0.3) is 0 Å². The lowest BCUT2D eigenvalue weighted by atomic mass is 10.4. The largest absolute Gasteiger partial charge is 0.870 e. The van der Waals surface area contributed by atoms with E-state index < -0.39 is 0 Å². The van der Waals surface area contributed by atoms with Crippen LogP contribution in [-0.4, -0.2) is 15.4 Å². The quantitative estimate of drug-likeness (QED) is 0.738. The van der Waals surface area contributed by atoms with E-state index in [2.05, 4.69) is 15.0 Å². The van der Waals surface area contributed by atoms with Crippen LogP contribution in [0.2, 0.25) is 0 Å². The molecule has 2 heterocycles. The number of hydrogen-bond acceptors (Lipinski definition) is 4. The molecule has 0 aliphatic heterocycles. The van der Waals surface area contributed by atoms with Crippen molar-refractivity contribution in [3.05, 3.63) is 48.8 Å². The van der Waals surface area contributed by atoms with Gasteiger partial charge in [0.1, 0.15) is 12.4 Å². The fourth-order valence-electron chi connectivity index (χ4n) is 1.02. The standard InChI is InChI=1S/C10H9N3O.H2O/c1-4-12-10(13-5-1)8-14-9-2-6-11-7-3-9;/h1-7H,8H2;1H2. The maximum absolute atomic E-state index is 5.45. The van der Waals surface area contributed by atoms with E-state index in [4.69, 9.17) is 4.74 Å². The van der Waals surface area contributed by atoms with Gasteiger partial charge in [0, 0.05) is 24.5 Å². The van der Waals surface area contributed by atoms with Crippen molar-refractivity contribution in [2.75, 3.05) is 0 Å². The number of nitrogens with zero attached hydrogens (tertiary/aromatic N) is 2. The van der Waals surface area contributed by atoms with E-state index in [-0.39, 0.29) is 5.48 Å². The first-order chi connectivity index (χ1) is 6.95. The van der Waals surface area contributed by atoms with Gasteiger partial charge in [-0.2, -0.15) is 0 Å². The predicted octanol–water partition coefficient (Wildman–Crippen LogP) is 0.693. The van der Waals surface area contributed by atoms with Gasteiger partial charge in [-0.15, -0.1) is 0 Å². The van der Waals surface area contributed by atoms with Gasteiger partial charge >= 0.3 is 0 Å². The zero-order valence-electron chi connectivity index (χ0n) is 8.00. The van der Waals surface area contributed by atoms with Crippen LogP contribution in [0.4, 0.5) is 0 Å². The van der Waals surface area contributed by atoms with Gasteiger partial charge in [-0.05, 0) is 6.07 Å². The molecule has 2 aromatic rings. The smallest absolute Gasteiger partial charge is 0.170 e. The molecule has 5 nitrogen and oxygen atoms in total. The van der Waals surface area contributed by atoms with Crippen molar-refractivity contribution in [1.82, 2.24) is 9.97 Å². The summed E-state index contributed by atoms with van der Waals surface area (Å²) in [5, 5.41) is 0. The molecule has 0 aliphatic rings. The van der Waals surface area contributed by atoms with Crippen LogP contribution in [0.3, 0.4) is 0 Å². The second-order valence-electron chi connectivity index (χ2n) is 2.69. The summed E-state index contributed by atoms with van der Waals surface area (Å²) in [4.78, 5) is 11.0. The first-order valence-electron chi connectivity index (χ1n) is 4.30. The van der Waals surface area contributed by atoms with Gasteiger partial charge in [0.05, 0.1) is 0 Å². The zero-order valence-corrected chi connectivity index (χ0v) is 8.00. The molecule has 0 saturated carbocycles. The fraction of sp³-hybridized carbons (Fsp3) is 0.100. The van der Waals surface area contributed by atoms with Crippen molar-refractivity contribution in [2.45, 2.75) is 6.61 Å². The Kier molecular flexibility index (Phi) is 4.18. The maximum atomic E-state index is 5.45. The van der Waals surface area contributed by atoms with Crippen LogP contribution < -0.4 is 9.72 Å². The number of nitrogens with one attached hydrogen (secondary N) is 1. The summed E-state index contributed by atoms with van der Waals surface area (Å²) >= 11 is 0. The van der Waals surface area contributed by atoms with E-state index in [0.717, 1.165) is 5.75 Å². The molecule has 78 valence electrons. The van der Waals surface area contributed by atoms with E-state index >= 15 is 0 Å². The Labute approximate surface area is 87.1 Å². The van der Waals surface area contributed by atoms with Crippen LogP contribution >= 0.6 is 0 Å². The normalized spacial score (nSPS) is 9.07.